The van der Waals surface area contributed by atoms with E-state index in [1.165, 1.54) is 0 Å². The third kappa shape index (κ3) is 1.76. The molecule has 4 heteroatoms. The Balaban J connectivity index is 2.04. The van der Waals surface area contributed by atoms with Gasteiger partial charge in [0.15, 0.2) is 0 Å². The third-order valence-corrected chi connectivity index (χ3v) is 2.38. The lowest BCUT2D eigenvalue weighted by atomic mass is 10.1. The minimum atomic E-state index is -0.225. The number of aromatic nitrogens is 2. The summed E-state index contributed by atoms with van der Waals surface area (Å²) < 4.78 is 12.3. The molecule has 1 saturated heterocycles. The average Bonchev–Trinajstić information content (AvgIpc) is 2.67. The molecular weight excluding hydrogens is 169 g/mol. The van der Waals surface area contributed by atoms with Crippen LogP contribution in [0.2, 0.25) is 0 Å². The monoisotopic (exact) mass is 181 g/mol. The highest BCUT2D eigenvalue weighted by Crippen LogP contribution is 2.20. The van der Waals surface area contributed by atoms with Gasteiger partial charge in [0.1, 0.15) is 5.82 Å². The lowest BCUT2D eigenvalue weighted by molar-refractivity contribution is 0.384. The Kier molecular flexibility index (Phi) is 2.38. The van der Waals surface area contributed by atoms with Crippen molar-refractivity contribution in [3.05, 3.63) is 18.6 Å². The predicted octanol–water partition coefficient (Wildman–Crippen LogP) is 1.27. The first kappa shape index (κ1) is 8.41. The van der Waals surface area contributed by atoms with Crippen molar-refractivity contribution in [1.82, 2.24) is 9.97 Å². The minimum Gasteiger partial charge on any atom is -0.355 e. The van der Waals surface area contributed by atoms with E-state index in [1.807, 2.05) is 0 Å². The molecule has 1 aliphatic heterocycles. The van der Waals surface area contributed by atoms with Crippen molar-refractivity contribution in [3.63, 3.8) is 0 Å². The van der Waals surface area contributed by atoms with Gasteiger partial charge in [-0.05, 0) is 6.42 Å². The molecule has 1 aliphatic rings. The number of hydrogen-bond donors (Lipinski definition) is 0. The van der Waals surface area contributed by atoms with E-state index in [2.05, 4.69) is 14.9 Å². The van der Waals surface area contributed by atoms with Crippen molar-refractivity contribution in [2.75, 3.05) is 24.7 Å². The molecule has 0 amide bonds. The van der Waals surface area contributed by atoms with Crippen LogP contribution in [0.15, 0.2) is 18.6 Å². The molecule has 2 heterocycles. The second-order valence-electron chi connectivity index (χ2n) is 3.32. The molecule has 2 rings (SSSR count). The fraction of sp³-hybridized carbons (Fsp3) is 0.556. The summed E-state index contributed by atoms with van der Waals surface area (Å²) in [6.07, 6.45) is 5.96. The summed E-state index contributed by atoms with van der Waals surface area (Å²) in [7, 11) is 0. The standard InChI is InChI=1S/C9H12FN3/c10-5-8-1-4-13(7-8)9-6-11-2-3-12-9/h2-3,6,8H,1,4-5,7H2/t8-/m0/s1. The van der Waals surface area contributed by atoms with E-state index in [4.69, 9.17) is 0 Å². The first-order valence-corrected chi connectivity index (χ1v) is 4.47. The normalized spacial score (nSPS) is 22.2. The van der Waals surface area contributed by atoms with Crippen LogP contribution >= 0.6 is 0 Å². The van der Waals surface area contributed by atoms with Gasteiger partial charge in [-0.25, -0.2) is 4.98 Å². The van der Waals surface area contributed by atoms with Crippen molar-refractivity contribution in [2.45, 2.75) is 6.42 Å². The molecule has 0 radical (unpaired) electrons. The van der Waals surface area contributed by atoms with Gasteiger partial charge in [-0.1, -0.05) is 0 Å². The van der Waals surface area contributed by atoms with Gasteiger partial charge in [-0.2, -0.15) is 0 Å². The molecule has 1 atom stereocenters. The van der Waals surface area contributed by atoms with E-state index in [9.17, 15) is 4.39 Å². The molecule has 0 spiro atoms. The molecule has 13 heavy (non-hydrogen) atoms. The van der Waals surface area contributed by atoms with Crippen molar-refractivity contribution in [1.29, 1.82) is 0 Å². The van der Waals surface area contributed by atoms with Gasteiger partial charge in [0, 0.05) is 31.4 Å². The molecule has 1 fully saturated rings. The minimum absolute atomic E-state index is 0.182. The molecule has 0 saturated carbocycles. The van der Waals surface area contributed by atoms with E-state index in [-0.39, 0.29) is 12.6 Å². The summed E-state index contributed by atoms with van der Waals surface area (Å²) in [6, 6.07) is 0. The number of nitrogens with zero attached hydrogens (tertiary/aromatic N) is 3. The second kappa shape index (κ2) is 3.68. The lowest BCUT2D eigenvalue weighted by Crippen LogP contribution is -2.21. The largest absolute Gasteiger partial charge is 0.355 e. The van der Waals surface area contributed by atoms with Crippen LogP contribution in [0.5, 0.6) is 0 Å². The van der Waals surface area contributed by atoms with Crippen LogP contribution in [-0.2, 0) is 0 Å². The van der Waals surface area contributed by atoms with Crippen molar-refractivity contribution in [3.8, 4) is 0 Å². The Morgan fingerprint density at radius 1 is 1.54 bits per heavy atom. The first-order chi connectivity index (χ1) is 6.40. The molecular formula is C9H12FN3. The van der Waals surface area contributed by atoms with E-state index in [0.29, 0.717) is 0 Å². The van der Waals surface area contributed by atoms with E-state index in [0.717, 1.165) is 25.3 Å². The Labute approximate surface area is 76.6 Å². The van der Waals surface area contributed by atoms with Crippen molar-refractivity contribution >= 4 is 5.82 Å². The van der Waals surface area contributed by atoms with E-state index < -0.39 is 0 Å². The quantitative estimate of drug-likeness (QED) is 0.688. The van der Waals surface area contributed by atoms with Gasteiger partial charge in [0.2, 0.25) is 0 Å². The smallest absolute Gasteiger partial charge is 0.147 e. The topological polar surface area (TPSA) is 29.0 Å². The van der Waals surface area contributed by atoms with Crippen LogP contribution in [0.25, 0.3) is 0 Å². The van der Waals surface area contributed by atoms with Gasteiger partial charge in [-0.15, -0.1) is 0 Å². The number of hydrogen-bond acceptors (Lipinski definition) is 3. The maximum absolute atomic E-state index is 12.3. The highest BCUT2D eigenvalue weighted by molar-refractivity contribution is 5.36. The Morgan fingerprint density at radius 2 is 2.46 bits per heavy atom. The second-order valence-corrected chi connectivity index (χ2v) is 3.32. The first-order valence-electron chi connectivity index (χ1n) is 4.47. The van der Waals surface area contributed by atoms with Gasteiger partial charge in [0.05, 0.1) is 12.9 Å². The van der Waals surface area contributed by atoms with Gasteiger partial charge in [0.25, 0.3) is 0 Å². The summed E-state index contributed by atoms with van der Waals surface area (Å²) in [5.41, 5.74) is 0. The number of anilines is 1. The van der Waals surface area contributed by atoms with Crippen LogP contribution in [0.3, 0.4) is 0 Å². The van der Waals surface area contributed by atoms with Crippen LogP contribution in [0.4, 0.5) is 10.2 Å². The van der Waals surface area contributed by atoms with E-state index in [1.54, 1.807) is 18.6 Å². The Bertz CT molecular complexity index is 265. The third-order valence-electron chi connectivity index (χ3n) is 2.38. The van der Waals surface area contributed by atoms with Gasteiger partial charge < -0.3 is 4.90 Å². The number of rotatable bonds is 2. The van der Waals surface area contributed by atoms with Crippen molar-refractivity contribution < 1.29 is 4.39 Å². The SMILES string of the molecule is FC[C@@H]1CCN(c2cnccn2)C1. The Morgan fingerprint density at radius 3 is 3.08 bits per heavy atom. The summed E-state index contributed by atoms with van der Waals surface area (Å²) in [6.45, 7) is 1.44. The molecule has 70 valence electrons. The van der Waals surface area contributed by atoms with Crippen molar-refractivity contribution in [2.24, 2.45) is 5.92 Å². The molecule has 1 aromatic rings. The van der Waals surface area contributed by atoms with Crippen LogP contribution < -0.4 is 4.90 Å². The summed E-state index contributed by atoms with van der Waals surface area (Å²) >= 11 is 0. The number of halogens is 1. The highest BCUT2D eigenvalue weighted by atomic mass is 19.1. The molecule has 0 bridgehead atoms. The molecule has 1 aromatic heterocycles. The average molecular weight is 181 g/mol. The maximum Gasteiger partial charge on any atom is 0.147 e. The molecule has 3 nitrogen and oxygen atoms in total. The zero-order chi connectivity index (χ0) is 9.10. The number of alkyl halides is 1. The van der Waals surface area contributed by atoms with Gasteiger partial charge in [-0.3, -0.25) is 9.37 Å². The highest BCUT2D eigenvalue weighted by Gasteiger charge is 2.22. The lowest BCUT2D eigenvalue weighted by Gasteiger charge is -2.15. The van der Waals surface area contributed by atoms with Crippen LogP contribution in [-0.4, -0.2) is 29.7 Å². The maximum atomic E-state index is 12.3. The van der Waals surface area contributed by atoms with Gasteiger partial charge >= 0.3 is 0 Å². The summed E-state index contributed by atoms with van der Waals surface area (Å²) in [5, 5.41) is 0. The van der Waals surface area contributed by atoms with Crippen LogP contribution in [0.1, 0.15) is 6.42 Å². The fourth-order valence-corrected chi connectivity index (χ4v) is 1.62. The molecule has 0 aromatic carbocycles. The molecule has 0 unspecified atom stereocenters. The zero-order valence-electron chi connectivity index (χ0n) is 7.36. The Hall–Kier alpha value is -1.19. The fourth-order valence-electron chi connectivity index (χ4n) is 1.62. The molecule has 0 aliphatic carbocycles. The predicted molar refractivity (Wildman–Crippen MR) is 48.3 cm³/mol. The molecule has 0 N–H and O–H groups in total. The summed E-state index contributed by atoms with van der Waals surface area (Å²) in [4.78, 5) is 10.2. The zero-order valence-corrected chi connectivity index (χ0v) is 7.36. The van der Waals surface area contributed by atoms with Crippen LogP contribution in [0, 0.1) is 5.92 Å². The summed E-state index contributed by atoms with van der Waals surface area (Å²) in [5.74, 6) is 1.04. The van der Waals surface area contributed by atoms with E-state index >= 15 is 0 Å².